The number of rotatable bonds is 9. The Morgan fingerprint density at radius 3 is 2.43 bits per heavy atom. The number of nitrogens with zero attached hydrogens (tertiary/aromatic N) is 2. The molecule has 1 saturated heterocycles. The van der Waals surface area contributed by atoms with Crippen LogP contribution in [-0.2, 0) is 6.61 Å². The first-order chi connectivity index (χ1) is 16.9. The van der Waals surface area contributed by atoms with E-state index in [0.717, 1.165) is 47.6 Å². The van der Waals surface area contributed by atoms with E-state index in [9.17, 15) is 4.79 Å². The number of hydrogen-bond donors (Lipinski definition) is 1. The van der Waals surface area contributed by atoms with E-state index in [0.29, 0.717) is 24.6 Å². The molecule has 1 amide bonds. The van der Waals surface area contributed by atoms with Gasteiger partial charge in [0.2, 0.25) is 5.89 Å². The lowest BCUT2D eigenvalue weighted by atomic mass is 9.92. The van der Waals surface area contributed by atoms with Crippen LogP contribution in [0.15, 0.2) is 52.9 Å². The molecule has 0 saturated carbocycles. The second-order valence-corrected chi connectivity index (χ2v) is 10.0. The zero-order valence-electron chi connectivity index (χ0n) is 21.3. The molecule has 2 heterocycles. The molecule has 2 atom stereocenters. The number of piperidine rings is 1. The van der Waals surface area contributed by atoms with Crippen molar-refractivity contribution in [3.63, 3.8) is 0 Å². The number of carbonyl (C=O) groups excluding carboxylic acids is 1. The van der Waals surface area contributed by atoms with Gasteiger partial charge < -0.3 is 19.4 Å². The van der Waals surface area contributed by atoms with Crippen molar-refractivity contribution < 1.29 is 13.9 Å². The van der Waals surface area contributed by atoms with Gasteiger partial charge in [-0.25, -0.2) is 4.98 Å². The van der Waals surface area contributed by atoms with E-state index >= 15 is 0 Å². The summed E-state index contributed by atoms with van der Waals surface area (Å²) in [4.78, 5) is 19.7. The fourth-order valence-electron chi connectivity index (χ4n) is 4.82. The molecular formula is C29H37N3O3. The molecule has 0 unspecified atom stereocenters. The summed E-state index contributed by atoms with van der Waals surface area (Å²) in [6, 6.07) is 15.3. The smallest absolute Gasteiger partial charge is 0.251 e. The van der Waals surface area contributed by atoms with Crippen molar-refractivity contribution in [2.75, 3.05) is 26.2 Å². The predicted octanol–water partition coefficient (Wildman–Crippen LogP) is 5.64. The Labute approximate surface area is 208 Å². The third-order valence-electron chi connectivity index (χ3n) is 6.56. The highest BCUT2D eigenvalue weighted by molar-refractivity contribution is 5.94. The number of carbonyl (C=O) groups is 1. The predicted molar refractivity (Wildman–Crippen MR) is 139 cm³/mol. The monoisotopic (exact) mass is 475 g/mol. The highest BCUT2D eigenvalue weighted by Crippen LogP contribution is 2.24. The Balaban J connectivity index is 1.26. The summed E-state index contributed by atoms with van der Waals surface area (Å²) in [5.74, 6) is 3.53. The van der Waals surface area contributed by atoms with Crippen molar-refractivity contribution in [2.24, 2.45) is 11.8 Å². The van der Waals surface area contributed by atoms with Gasteiger partial charge in [0.15, 0.2) is 0 Å². The fourth-order valence-corrected chi connectivity index (χ4v) is 4.82. The molecule has 1 aromatic heterocycles. The zero-order valence-corrected chi connectivity index (χ0v) is 21.3. The van der Waals surface area contributed by atoms with Gasteiger partial charge in [-0.15, -0.1) is 0 Å². The lowest BCUT2D eigenvalue weighted by Crippen LogP contribution is -2.40. The minimum Gasteiger partial charge on any atom is -0.487 e. The van der Waals surface area contributed by atoms with Crippen LogP contribution in [0.1, 0.15) is 54.1 Å². The molecule has 1 aliphatic heterocycles. The molecule has 0 spiro atoms. The molecule has 0 aliphatic carbocycles. The number of benzene rings is 2. The third-order valence-corrected chi connectivity index (χ3v) is 6.56. The lowest BCUT2D eigenvalue weighted by molar-refractivity contribution is 0.0947. The van der Waals surface area contributed by atoms with Gasteiger partial charge in [-0.1, -0.05) is 31.5 Å². The van der Waals surface area contributed by atoms with Gasteiger partial charge in [0.25, 0.3) is 5.91 Å². The van der Waals surface area contributed by atoms with E-state index in [1.807, 2.05) is 62.4 Å². The van der Waals surface area contributed by atoms with Crippen LogP contribution >= 0.6 is 0 Å². The molecule has 6 nitrogen and oxygen atoms in total. The molecule has 35 heavy (non-hydrogen) atoms. The van der Waals surface area contributed by atoms with E-state index in [4.69, 9.17) is 9.15 Å². The van der Waals surface area contributed by atoms with Crippen molar-refractivity contribution in [1.82, 2.24) is 15.2 Å². The maximum atomic E-state index is 12.6. The standard InChI is InChI=1S/C29H37N3O3/c1-20-6-12-26(13-7-20)34-19-27-23(4)35-29(31-27)25-10-8-24(9-11-25)28(33)30-14-5-15-32-17-21(2)16-22(3)18-32/h6-13,21-22H,5,14-19H2,1-4H3,(H,30,33)/t21-,22-/m0/s1. The van der Waals surface area contributed by atoms with Crippen LogP contribution in [0.2, 0.25) is 0 Å². The van der Waals surface area contributed by atoms with E-state index in [1.54, 1.807) is 0 Å². The summed E-state index contributed by atoms with van der Waals surface area (Å²) >= 11 is 0. The van der Waals surface area contributed by atoms with Crippen LogP contribution in [0.3, 0.4) is 0 Å². The van der Waals surface area contributed by atoms with E-state index < -0.39 is 0 Å². The Hall–Kier alpha value is -3.12. The molecule has 2 aromatic carbocycles. The molecular weight excluding hydrogens is 438 g/mol. The van der Waals surface area contributed by atoms with Gasteiger partial charge in [0.1, 0.15) is 23.8 Å². The van der Waals surface area contributed by atoms with Crippen molar-refractivity contribution in [1.29, 1.82) is 0 Å². The molecule has 6 heteroatoms. The zero-order chi connectivity index (χ0) is 24.8. The normalized spacial score (nSPS) is 18.4. The van der Waals surface area contributed by atoms with Crippen molar-refractivity contribution in [3.8, 4) is 17.2 Å². The van der Waals surface area contributed by atoms with Gasteiger partial charge >= 0.3 is 0 Å². The van der Waals surface area contributed by atoms with Gasteiger partial charge in [0, 0.05) is 30.8 Å². The van der Waals surface area contributed by atoms with Crippen molar-refractivity contribution in [3.05, 3.63) is 71.1 Å². The number of nitrogens with one attached hydrogen (secondary N) is 1. The molecule has 1 aliphatic rings. The summed E-state index contributed by atoms with van der Waals surface area (Å²) in [5.41, 5.74) is 3.43. The number of aromatic nitrogens is 1. The van der Waals surface area contributed by atoms with Crippen LogP contribution < -0.4 is 10.1 Å². The molecule has 0 radical (unpaired) electrons. The second kappa shape index (κ2) is 11.5. The number of likely N-dealkylation sites (tertiary alicyclic amines) is 1. The Morgan fingerprint density at radius 2 is 1.74 bits per heavy atom. The summed E-state index contributed by atoms with van der Waals surface area (Å²) in [6.45, 7) is 13.0. The average molecular weight is 476 g/mol. The number of aryl methyl sites for hydroxylation is 2. The van der Waals surface area contributed by atoms with Gasteiger partial charge in [-0.3, -0.25) is 4.79 Å². The third kappa shape index (κ3) is 6.95. The minimum atomic E-state index is -0.0484. The first-order valence-corrected chi connectivity index (χ1v) is 12.6. The summed E-state index contributed by atoms with van der Waals surface area (Å²) in [7, 11) is 0. The largest absolute Gasteiger partial charge is 0.487 e. The van der Waals surface area contributed by atoms with Crippen molar-refractivity contribution >= 4 is 5.91 Å². The van der Waals surface area contributed by atoms with Crippen LogP contribution in [-0.4, -0.2) is 42.0 Å². The van der Waals surface area contributed by atoms with Gasteiger partial charge in [0.05, 0.1) is 0 Å². The van der Waals surface area contributed by atoms with Crippen LogP contribution in [0.25, 0.3) is 11.5 Å². The Morgan fingerprint density at radius 1 is 1.06 bits per heavy atom. The number of ether oxygens (including phenoxy) is 1. The SMILES string of the molecule is Cc1ccc(OCc2nc(-c3ccc(C(=O)NCCCN4C[C@@H](C)C[C@H](C)C4)cc3)oc2C)cc1. The van der Waals surface area contributed by atoms with Gasteiger partial charge in [-0.2, -0.15) is 0 Å². The number of amides is 1. The Kier molecular flexibility index (Phi) is 8.24. The number of hydrogen-bond acceptors (Lipinski definition) is 5. The molecule has 186 valence electrons. The highest BCUT2D eigenvalue weighted by Gasteiger charge is 2.21. The molecule has 1 N–H and O–H groups in total. The maximum Gasteiger partial charge on any atom is 0.251 e. The summed E-state index contributed by atoms with van der Waals surface area (Å²) in [5, 5.41) is 3.05. The molecule has 1 fully saturated rings. The second-order valence-electron chi connectivity index (χ2n) is 10.0. The first kappa shape index (κ1) is 25.0. The average Bonchev–Trinajstić information content (AvgIpc) is 3.21. The van der Waals surface area contributed by atoms with E-state index in [1.165, 1.54) is 25.1 Å². The number of oxazole rings is 1. The summed E-state index contributed by atoms with van der Waals surface area (Å²) < 4.78 is 11.7. The summed E-state index contributed by atoms with van der Waals surface area (Å²) in [6.07, 6.45) is 2.28. The quantitative estimate of drug-likeness (QED) is 0.406. The van der Waals surface area contributed by atoms with Crippen molar-refractivity contribution in [2.45, 2.75) is 47.1 Å². The van der Waals surface area contributed by atoms with E-state index in [-0.39, 0.29) is 5.91 Å². The van der Waals surface area contributed by atoms with Gasteiger partial charge in [-0.05, 0) is 81.5 Å². The minimum absolute atomic E-state index is 0.0484. The molecule has 4 rings (SSSR count). The Bertz CT molecular complexity index is 1100. The van der Waals surface area contributed by atoms with Crippen LogP contribution in [0.5, 0.6) is 5.75 Å². The molecule has 3 aromatic rings. The highest BCUT2D eigenvalue weighted by atomic mass is 16.5. The fraction of sp³-hybridized carbons (Fsp3) is 0.448. The van der Waals surface area contributed by atoms with Crippen LogP contribution in [0.4, 0.5) is 0 Å². The molecule has 0 bridgehead atoms. The topological polar surface area (TPSA) is 67.6 Å². The van der Waals surface area contributed by atoms with E-state index in [2.05, 4.69) is 29.0 Å². The van der Waals surface area contributed by atoms with Crippen LogP contribution in [0, 0.1) is 25.7 Å². The first-order valence-electron chi connectivity index (χ1n) is 12.6. The lowest BCUT2D eigenvalue weighted by Gasteiger charge is -2.34. The maximum absolute atomic E-state index is 12.6.